The lowest BCUT2D eigenvalue weighted by Gasteiger charge is -2.83. The number of hydrogen-bond acceptors (Lipinski definition) is 37. The molecule has 40 nitrogen and oxygen atoms in total. The maximum Gasteiger partial charge on any atom is 0.474 e. The molecule has 9 saturated heterocycles. The maximum absolute atomic E-state index is 13.0. The van der Waals surface area contributed by atoms with Crippen LogP contribution in [-0.4, -0.2) is 225 Å². The van der Waals surface area contributed by atoms with Gasteiger partial charge in [-0.3, -0.25) is 37.3 Å². The number of ether oxygens (including phenoxy) is 3. The van der Waals surface area contributed by atoms with Crippen molar-refractivity contribution in [1.29, 1.82) is 0 Å². The van der Waals surface area contributed by atoms with Crippen molar-refractivity contribution >= 4 is 45.0 Å². The van der Waals surface area contributed by atoms with E-state index in [1.165, 1.54) is 49.9 Å². The van der Waals surface area contributed by atoms with Crippen LogP contribution in [0.2, 0.25) is 0 Å². The Balaban J connectivity index is 0.875. The number of carbonyl (C=O) groups is 3. The van der Waals surface area contributed by atoms with Gasteiger partial charge in [-0.1, -0.05) is 5.12 Å². The van der Waals surface area contributed by atoms with E-state index < -0.39 is 103 Å². The number of amides is 2. The molecule has 398 valence electrons. The Morgan fingerprint density at radius 2 is 1.30 bits per heavy atom. The summed E-state index contributed by atoms with van der Waals surface area (Å²) < 4.78 is 64.3. The molecule has 13 N–H and O–H groups in total. The molecule has 70 heavy (non-hydrogen) atoms. The minimum Gasteiger partial charge on any atom is -0.388 e. The van der Waals surface area contributed by atoms with Gasteiger partial charge in [0, 0.05) is 45.7 Å². The number of phosphoric ester groups is 2. The molecule has 0 aromatic heterocycles. The first-order valence-electron chi connectivity index (χ1n) is 21.6. The van der Waals surface area contributed by atoms with Crippen LogP contribution < -0.4 is 49.4 Å². The molecule has 0 aromatic rings. The van der Waals surface area contributed by atoms with E-state index in [1.807, 2.05) is 24.3 Å². The third-order valence-electron chi connectivity index (χ3n) is 11.3. The number of fused-ring (bicyclic) bond motifs is 16. The summed E-state index contributed by atoms with van der Waals surface area (Å²) in [5, 5.41) is 48.9. The highest BCUT2D eigenvalue weighted by Crippen LogP contribution is 2.50. The Labute approximate surface area is 401 Å². The standard InChI is InChI=1S/C27H57N23O17P2S/c1-17-24(54)26-21(66-17)13-63-68(56,57)62-10-9-28-23(53)8-11-70-14-19(51)6-5-7-22(52)29-15-64-69(58,59)67-27-20(65-18(2)25(27)55)12-61-36-44-39(16-60-26)40-32-30-31-33-42-43(35-34-41(40)44)48-47(42)49-45-37(3)38(4)46(45)50(48)49/h17-18,20-21,24-27,30-36,54-55H,5-16H2,1-4H3,(H,28,53)(H,29,52)(H,56,57)(H,58,59)/t17?,18-,20?,21?,24?,25-,26?,27?/m0/s1. The van der Waals surface area contributed by atoms with Crippen molar-refractivity contribution in [2.24, 2.45) is 0 Å². The number of nitrogens with one attached hydrogen (secondary N) is 9. The topological polar surface area (TPSA) is 394 Å². The fourth-order valence-electron chi connectivity index (χ4n) is 7.64. The second kappa shape index (κ2) is 22.1. The van der Waals surface area contributed by atoms with Crippen LogP contribution in [0.15, 0.2) is 0 Å². The molecule has 10 atom stereocenters. The molecule has 9 aliphatic heterocycles. The SMILES string of the molecule is CC1OC2COP(=O)(O)OCCNC(=O)CCSCC(=O)CCCC(=O)NCOP(=O)(O)OC3C(CONN4N(COC2C1O)N1NNNNN2N(NNN14)N1N2N2N4N(C)N(C)N4N12)O[C@@H](C)[C@@H]3O. The zero-order valence-electron chi connectivity index (χ0n) is 37.8. The average Bonchev–Trinajstić information content (AvgIpc) is 3.72. The zero-order chi connectivity index (χ0) is 49.6. The molecule has 9 fully saturated rings. The highest BCUT2D eigenvalue weighted by Gasteiger charge is 2.80. The van der Waals surface area contributed by atoms with Crippen LogP contribution in [-0.2, 0) is 60.7 Å². The molecular weight excluding hydrogens is 1010 g/mol. The summed E-state index contributed by atoms with van der Waals surface area (Å²) in [6, 6.07) is 0. The van der Waals surface area contributed by atoms with Crippen molar-refractivity contribution in [3.05, 3.63) is 0 Å². The Bertz CT molecular complexity index is 1990. The number of thioether (sulfide) groups is 1. The molecule has 0 spiro atoms. The first kappa shape index (κ1) is 52.9. The van der Waals surface area contributed by atoms with Gasteiger partial charge >= 0.3 is 15.6 Å². The highest BCUT2D eigenvalue weighted by atomic mass is 32.2. The molecule has 0 radical (unpaired) electrons. The summed E-state index contributed by atoms with van der Waals surface area (Å²) >= 11 is 1.22. The molecule has 0 saturated carbocycles. The third kappa shape index (κ3) is 10.9. The summed E-state index contributed by atoms with van der Waals surface area (Å²) in [7, 11) is -5.96. The largest absolute Gasteiger partial charge is 0.474 e. The summed E-state index contributed by atoms with van der Waals surface area (Å²) in [4.78, 5) is 63.9. The highest BCUT2D eigenvalue weighted by molar-refractivity contribution is 7.99. The second-order valence-corrected chi connectivity index (χ2v) is 20.0. The fourth-order valence-corrected chi connectivity index (χ4v) is 10.1. The molecule has 2 amide bonds. The van der Waals surface area contributed by atoms with E-state index in [9.17, 15) is 43.5 Å². The molecule has 0 aromatic carbocycles. The van der Waals surface area contributed by atoms with Crippen molar-refractivity contribution in [3.63, 3.8) is 0 Å². The van der Waals surface area contributed by atoms with Gasteiger partial charge in [0.15, 0.2) is 0 Å². The smallest absolute Gasteiger partial charge is 0.388 e. The lowest BCUT2D eigenvalue weighted by molar-refractivity contribution is -0.953. The van der Waals surface area contributed by atoms with Crippen LogP contribution in [0.1, 0.15) is 39.5 Å². The van der Waals surface area contributed by atoms with E-state index in [4.69, 9.17) is 37.1 Å². The molecule has 9 heterocycles. The van der Waals surface area contributed by atoms with E-state index in [-0.39, 0.29) is 50.4 Å². The van der Waals surface area contributed by atoms with Crippen LogP contribution in [0.4, 0.5) is 0 Å². The molecule has 0 aliphatic carbocycles. The van der Waals surface area contributed by atoms with Gasteiger partial charge in [0.1, 0.15) is 55.9 Å². The van der Waals surface area contributed by atoms with Crippen LogP contribution in [0.3, 0.4) is 0 Å². The minimum absolute atomic E-state index is 0.0444. The molecule has 9 rings (SSSR count). The van der Waals surface area contributed by atoms with E-state index >= 15 is 0 Å². The average molecular weight is 1070 g/mol. The summed E-state index contributed by atoms with van der Waals surface area (Å²) in [5.74, 6) is -0.727. The number of hydrazine groups is 26. The van der Waals surface area contributed by atoms with Crippen molar-refractivity contribution in [2.45, 2.75) is 88.4 Å². The Kier molecular flexibility index (Phi) is 16.7. The van der Waals surface area contributed by atoms with Gasteiger partial charge in [-0.15, -0.1) is 38.0 Å². The van der Waals surface area contributed by atoms with Gasteiger partial charge in [0.25, 0.3) is 0 Å². The third-order valence-corrected chi connectivity index (χ3v) is 14.3. The van der Waals surface area contributed by atoms with Gasteiger partial charge in [0.05, 0.1) is 37.8 Å². The van der Waals surface area contributed by atoms with Crippen LogP contribution in [0, 0.1) is 0 Å². The van der Waals surface area contributed by atoms with Crippen molar-refractivity contribution < 1.29 is 80.7 Å². The monoisotopic (exact) mass is 1070 g/mol. The van der Waals surface area contributed by atoms with E-state index in [2.05, 4.69) is 49.4 Å². The normalized spacial score (nSPS) is 40.7. The summed E-state index contributed by atoms with van der Waals surface area (Å²) in [6.45, 7) is 0.396. The van der Waals surface area contributed by atoms with Crippen LogP contribution >= 0.6 is 27.4 Å². The molecular formula is C27H57N23O17P2S. The fraction of sp³-hybridized carbons (Fsp3) is 0.889. The number of aliphatic hydroxyl groups excluding tert-OH is 2. The second-order valence-electron chi connectivity index (χ2n) is 16.1. The van der Waals surface area contributed by atoms with E-state index in [0.29, 0.717) is 5.75 Å². The lowest BCUT2D eigenvalue weighted by atomic mass is 10.1. The summed E-state index contributed by atoms with van der Waals surface area (Å²) in [6.07, 6.45) is -9.15. The number of rotatable bonds is 0. The Morgan fingerprint density at radius 3 is 2.01 bits per heavy atom. The van der Waals surface area contributed by atoms with E-state index in [1.54, 1.807) is 38.3 Å². The van der Waals surface area contributed by atoms with Crippen LogP contribution in [0.5, 0.6) is 0 Å². The van der Waals surface area contributed by atoms with Crippen LogP contribution in [0.25, 0.3) is 0 Å². The molecule has 9 aliphatic rings. The lowest BCUT2D eigenvalue weighted by Crippen LogP contribution is -3.14. The number of carbonyl (C=O) groups excluding carboxylic acids is 3. The predicted octanol–water partition coefficient (Wildman–Crippen LogP) is -8.25. The first-order chi connectivity index (χ1) is 33.4. The number of Topliss-reactive ketones (excluding diaryl/α,β-unsaturated/α-hetero) is 1. The quantitative estimate of drug-likeness (QED) is 0.100. The Morgan fingerprint density at radius 1 is 0.671 bits per heavy atom. The van der Waals surface area contributed by atoms with Gasteiger partial charge in [-0.05, 0) is 77.8 Å². The number of hydrogen-bond donors (Lipinski definition) is 13. The number of aliphatic hydroxyl groups is 2. The molecule has 0 bridgehead atoms. The number of nitrogens with zero attached hydrogens (tertiary/aromatic N) is 14. The van der Waals surface area contributed by atoms with Gasteiger partial charge in [-0.25, -0.2) is 9.13 Å². The van der Waals surface area contributed by atoms with Crippen molar-refractivity contribution in [2.75, 3.05) is 65.4 Å². The van der Waals surface area contributed by atoms with Crippen molar-refractivity contribution in [3.8, 4) is 0 Å². The van der Waals surface area contributed by atoms with Crippen molar-refractivity contribution in [1.82, 2.24) is 122 Å². The Hall–Kier alpha value is -1.90. The molecule has 43 heteroatoms. The number of phosphoric acid groups is 2. The van der Waals surface area contributed by atoms with Gasteiger partial charge in [0.2, 0.25) is 11.8 Å². The predicted molar refractivity (Wildman–Crippen MR) is 220 cm³/mol. The zero-order valence-corrected chi connectivity index (χ0v) is 40.4. The number of ketones is 1. The summed E-state index contributed by atoms with van der Waals surface area (Å²) in [5.41, 5.74) is 19.8. The van der Waals surface area contributed by atoms with Gasteiger partial charge < -0.3 is 44.8 Å². The minimum atomic E-state index is -4.95. The first-order valence-corrected chi connectivity index (χ1v) is 25.7. The van der Waals surface area contributed by atoms with E-state index in [0.717, 1.165) is 0 Å². The maximum atomic E-state index is 13.0. The van der Waals surface area contributed by atoms with Gasteiger partial charge in [-0.2, -0.15) is 22.8 Å². The molecule has 8 unspecified atom stereocenters.